The molecular formula is C9H12Cl3N6Ru. The minimum atomic E-state index is -1.75. The number of hydrogen-bond acceptors (Lipinski definition) is 3. The van der Waals surface area contributed by atoms with Gasteiger partial charge in [0.25, 0.3) is 0 Å². The van der Waals surface area contributed by atoms with Crippen molar-refractivity contribution < 1.29 is 13.0 Å². The van der Waals surface area contributed by atoms with Crippen molar-refractivity contribution in [3.63, 3.8) is 0 Å². The van der Waals surface area contributed by atoms with Gasteiger partial charge in [-0.15, -0.1) is 0 Å². The molecule has 3 heterocycles. The quantitative estimate of drug-likeness (QED) is 0.496. The fourth-order valence-corrected chi connectivity index (χ4v) is 0.645. The van der Waals surface area contributed by atoms with Gasteiger partial charge >= 0.3 is 42.1 Å². The second-order valence-electron chi connectivity index (χ2n) is 2.43. The Labute approximate surface area is 128 Å². The summed E-state index contributed by atoms with van der Waals surface area (Å²) in [7, 11) is 14.8. The van der Waals surface area contributed by atoms with Crippen LogP contribution < -0.4 is 0 Å². The van der Waals surface area contributed by atoms with Crippen LogP contribution in [-0.4, -0.2) is 29.9 Å². The molecule has 10 heteroatoms. The summed E-state index contributed by atoms with van der Waals surface area (Å²) in [5.41, 5.74) is 0. The number of aromatic nitrogens is 6. The number of aromatic amines is 3. The molecule has 0 saturated heterocycles. The Morgan fingerprint density at radius 3 is 0.947 bits per heavy atom. The maximum absolute atomic E-state index is 4.95. The molecule has 0 unspecified atom stereocenters. The minimum Gasteiger partial charge on any atom is -0.351 e. The molecule has 19 heavy (non-hydrogen) atoms. The molecule has 107 valence electrons. The van der Waals surface area contributed by atoms with Crippen molar-refractivity contribution in [3.05, 3.63) is 56.2 Å². The van der Waals surface area contributed by atoms with Crippen LogP contribution in [0.5, 0.6) is 0 Å². The van der Waals surface area contributed by atoms with Crippen LogP contribution in [0, 0.1) is 0 Å². The Kier molecular flexibility index (Phi) is 14.5. The Morgan fingerprint density at radius 2 is 0.895 bits per heavy atom. The van der Waals surface area contributed by atoms with Crippen LogP contribution in [0.4, 0.5) is 0 Å². The van der Waals surface area contributed by atoms with Gasteiger partial charge in [-0.1, -0.05) is 0 Å². The van der Waals surface area contributed by atoms with E-state index < -0.39 is 13.0 Å². The van der Waals surface area contributed by atoms with Gasteiger partial charge in [0.2, 0.25) is 0 Å². The van der Waals surface area contributed by atoms with Gasteiger partial charge in [-0.2, -0.15) is 0 Å². The average molecular weight is 412 g/mol. The zero-order valence-electron chi connectivity index (χ0n) is 9.53. The summed E-state index contributed by atoms with van der Waals surface area (Å²) >= 11 is -1.75. The molecule has 0 fully saturated rings. The number of H-pyrrole nitrogens is 3. The average Bonchev–Trinajstić information content (AvgIpc) is 3.18. The van der Waals surface area contributed by atoms with E-state index in [2.05, 4.69) is 29.9 Å². The topological polar surface area (TPSA) is 86.0 Å². The molecule has 0 bridgehead atoms. The number of nitrogens with one attached hydrogen (secondary N) is 3. The van der Waals surface area contributed by atoms with Crippen molar-refractivity contribution >= 4 is 29.1 Å². The molecule has 0 aliphatic carbocycles. The van der Waals surface area contributed by atoms with E-state index in [0.29, 0.717) is 0 Å². The Bertz CT molecular complexity index is 300. The van der Waals surface area contributed by atoms with Gasteiger partial charge in [-0.3, -0.25) is 0 Å². The van der Waals surface area contributed by atoms with E-state index in [4.69, 9.17) is 29.1 Å². The normalized spacial score (nSPS) is 8.68. The van der Waals surface area contributed by atoms with E-state index in [9.17, 15) is 0 Å². The molecule has 0 amide bonds. The maximum atomic E-state index is 4.95. The van der Waals surface area contributed by atoms with Gasteiger partial charge in [0, 0.05) is 37.2 Å². The summed E-state index contributed by atoms with van der Waals surface area (Å²) in [5.74, 6) is 0. The van der Waals surface area contributed by atoms with Crippen molar-refractivity contribution in [2.75, 3.05) is 0 Å². The van der Waals surface area contributed by atoms with Gasteiger partial charge in [-0.05, 0) is 0 Å². The first-order valence-electron chi connectivity index (χ1n) is 4.68. The van der Waals surface area contributed by atoms with E-state index in [1.54, 1.807) is 56.2 Å². The smallest absolute Gasteiger partial charge is 0.0919 e. The third kappa shape index (κ3) is 19.6. The Hall–Kier alpha value is -0.877. The van der Waals surface area contributed by atoms with Crippen molar-refractivity contribution in [1.82, 2.24) is 29.9 Å². The van der Waals surface area contributed by atoms with Crippen molar-refractivity contribution in [2.45, 2.75) is 0 Å². The summed E-state index contributed by atoms with van der Waals surface area (Å²) in [5, 5.41) is 0. The number of halogens is 3. The van der Waals surface area contributed by atoms with E-state index >= 15 is 0 Å². The Morgan fingerprint density at radius 1 is 0.632 bits per heavy atom. The molecule has 0 aliphatic heterocycles. The van der Waals surface area contributed by atoms with E-state index in [1.165, 1.54) is 0 Å². The first-order valence-corrected chi connectivity index (χ1v) is 11.4. The molecule has 3 N–H and O–H groups in total. The molecule has 0 aromatic carbocycles. The van der Waals surface area contributed by atoms with Crippen LogP contribution in [0.1, 0.15) is 0 Å². The third-order valence-electron chi connectivity index (χ3n) is 1.22. The van der Waals surface area contributed by atoms with Gasteiger partial charge in [0.15, 0.2) is 0 Å². The molecule has 0 atom stereocenters. The van der Waals surface area contributed by atoms with Gasteiger partial charge in [-0.25, -0.2) is 15.0 Å². The van der Waals surface area contributed by atoms with Gasteiger partial charge in [0.05, 0.1) is 19.0 Å². The zero-order valence-corrected chi connectivity index (χ0v) is 13.5. The molecular weight excluding hydrogens is 400 g/mol. The largest absolute Gasteiger partial charge is 0.351 e. The first kappa shape index (κ1) is 18.1. The second kappa shape index (κ2) is 15.2. The van der Waals surface area contributed by atoms with Crippen molar-refractivity contribution in [1.29, 1.82) is 0 Å². The Balaban J connectivity index is 0.000000229. The zero-order chi connectivity index (χ0) is 14.2. The standard InChI is InChI=1S/3C3H4N2.3ClH.Ru/c3*1-2-5-3-4-1;;;;/h3*1-3H,(H,4,5);3*1H;/q;;;;;;+3/p-3. The molecule has 3 aromatic heterocycles. The fraction of sp³-hybridized carbons (Fsp3) is 0. The van der Waals surface area contributed by atoms with E-state index in [0.717, 1.165) is 0 Å². The SMILES string of the molecule is [Cl][Ru]([Cl])[Cl].c1c[nH]cn1.c1c[nH]cn1.c1c[nH]cn1. The molecule has 3 rings (SSSR count). The number of nitrogens with zero attached hydrogens (tertiary/aromatic N) is 3. The summed E-state index contributed by atoms with van der Waals surface area (Å²) in [6.07, 6.45) is 15.2. The van der Waals surface area contributed by atoms with Crippen LogP contribution in [0.15, 0.2) is 56.2 Å². The summed E-state index contributed by atoms with van der Waals surface area (Å²) < 4.78 is 0. The van der Waals surface area contributed by atoms with Crippen LogP contribution in [0.3, 0.4) is 0 Å². The van der Waals surface area contributed by atoms with Gasteiger partial charge in [0.1, 0.15) is 0 Å². The predicted molar refractivity (Wildman–Crippen MR) is 73.3 cm³/mol. The molecule has 6 nitrogen and oxygen atoms in total. The molecule has 0 spiro atoms. The maximum Gasteiger partial charge on any atom is 0.0919 e. The van der Waals surface area contributed by atoms with Gasteiger partial charge < -0.3 is 15.0 Å². The van der Waals surface area contributed by atoms with E-state index in [-0.39, 0.29) is 0 Å². The first-order chi connectivity index (χ1) is 9.23. The van der Waals surface area contributed by atoms with Crippen molar-refractivity contribution in [2.24, 2.45) is 0 Å². The minimum absolute atomic E-state index is 1.62. The van der Waals surface area contributed by atoms with Crippen LogP contribution in [0.2, 0.25) is 0 Å². The molecule has 0 saturated carbocycles. The molecule has 3 aromatic rings. The molecule has 0 aliphatic rings. The number of rotatable bonds is 0. The second-order valence-corrected chi connectivity index (χ2v) is 10.3. The third-order valence-corrected chi connectivity index (χ3v) is 1.22. The molecule has 0 radical (unpaired) electrons. The van der Waals surface area contributed by atoms with Crippen LogP contribution >= 0.6 is 29.1 Å². The fourth-order valence-electron chi connectivity index (χ4n) is 0.645. The van der Waals surface area contributed by atoms with Crippen molar-refractivity contribution in [3.8, 4) is 0 Å². The number of hydrogen-bond donors (Lipinski definition) is 3. The van der Waals surface area contributed by atoms with E-state index in [1.807, 2.05) is 0 Å². The summed E-state index contributed by atoms with van der Waals surface area (Å²) in [6.45, 7) is 0. The predicted octanol–water partition coefficient (Wildman–Crippen LogP) is 3.30. The van der Waals surface area contributed by atoms with Crippen LogP contribution in [-0.2, 0) is 13.0 Å². The monoisotopic (exact) mass is 411 g/mol. The summed E-state index contributed by atoms with van der Waals surface area (Å²) in [6, 6.07) is 0. The number of imidazole rings is 3. The van der Waals surface area contributed by atoms with Crippen LogP contribution in [0.25, 0.3) is 0 Å². The summed E-state index contributed by atoms with van der Waals surface area (Å²) in [4.78, 5) is 19.2.